The largest absolute Gasteiger partial charge is 0.385 e. The lowest BCUT2D eigenvalue weighted by atomic mass is 9.72. The summed E-state index contributed by atoms with van der Waals surface area (Å²) in [6, 6.07) is 19.8. The number of amides is 3. The van der Waals surface area contributed by atoms with Crippen molar-refractivity contribution in [1.82, 2.24) is 44.2 Å². The van der Waals surface area contributed by atoms with Gasteiger partial charge in [-0.15, -0.1) is 5.10 Å². The Hall–Kier alpha value is -6.55. The Morgan fingerprint density at radius 2 is 1.73 bits per heavy atom. The number of aryl methyl sites for hydroxylation is 1. The van der Waals surface area contributed by atoms with Crippen LogP contribution < -0.4 is 31.9 Å². The van der Waals surface area contributed by atoms with Crippen molar-refractivity contribution in [1.29, 1.82) is 0 Å². The molecule has 16 heteroatoms. The highest BCUT2D eigenvalue weighted by atomic mass is 16.2. The predicted molar refractivity (Wildman–Crippen MR) is 224 cm³/mol. The smallest absolute Gasteiger partial charge is 0.329 e. The van der Waals surface area contributed by atoms with Crippen LogP contribution in [0.3, 0.4) is 0 Å². The van der Waals surface area contributed by atoms with E-state index in [1.165, 1.54) is 10.1 Å². The molecule has 3 aliphatic heterocycles. The van der Waals surface area contributed by atoms with Crippen LogP contribution in [-0.4, -0.2) is 90.6 Å². The van der Waals surface area contributed by atoms with Gasteiger partial charge in [-0.2, -0.15) is 0 Å². The first-order valence-electron chi connectivity index (χ1n) is 20.4. The Morgan fingerprint density at radius 1 is 0.915 bits per heavy atom. The zero-order valence-corrected chi connectivity index (χ0v) is 33.1. The van der Waals surface area contributed by atoms with Crippen LogP contribution >= 0.6 is 0 Å². The number of carbonyl (C=O) groups is 3. The first kappa shape index (κ1) is 36.8. The summed E-state index contributed by atoms with van der Waals surface area (Å²) < 4.78 is 4.66. The molecule has 1 saturated carbocycles. The second-order valence-electron chi connectivity index (χ2n) is 16.6. The van der Waals surface area contributed by atoms with Crippen molar-refractivity contribution >= 4 is 57.4 Å². The molecule has 3 amide bonds. The van der Waals surface area contributed by atoms with E-state index in [4.69, 9.17) is 10.1 Å². The van der Waals surface area contributed by atoms with Crippen molar-refractivity contribution in [2.75, 3.05) is 48.8 Å². The number of rotatable bonds is 10. The normalized spacial score (nSPS) is 19.2. The Bertz CT molecular complexity index is 2700. The maximum atomic E-state index is 13.2. The molecule has 1 atom stereocenters. The first-order valence-corrected chi connectivity index (χ1v) is 20.4. The van der Waals surface area contributed by atoms with Crippen molar-refractivity contribution in [2.45, 2.75) is 57.2 Å². The van der Waals surface area contributed by atoms with Crippen molar-refractivity contribution in [3.8, 4) is 11.1 Å². The van der Waals surface area contributed by atoms with Crippen LogP contribution in [0.4, 0.5) is 23.0 Å². The van der Waals surface area contributed by atoms with Crippen LogP contribution in [0, 0.1) is 5.41 Å². The molecule has 59 heavy (non-hydrogen) atoms. The molecule has 4 N–H and O–H groups in total. The summed E-state index contributed by atoms with van der Waals surface area (Å²) in [6.45, 7) is 4.91. The van der Waals surface area contributed by atoms with Gasteiger partial charge in [0.15, 0.2) is 17.2 Å². The molecule has 0 radical (unpaired) electrons. The highest BCUT2D eigenvalue weighted by molar-refractivity contribution is 6.00. The molecule has 2 aromatic carbocycles. The van der Waals surface area contributed by atoms with Gasteiger partial charge in [0.25, 0.3) is 5.91 Å². The number of anilines is 4. The number of imide groups is 1. The number of nitrogens with zero attached hydrogens (tertiary/aromatic N) is 8. The highest BCUT2D eigenvalue weighted by Gasteiger charge is 2.44. The number of aromatic nitrogens is 6. The van der Waals surface area contributed by atoms with E-state index in [2.05, 4.69) is 66.4 Å². The molecule has 4 fully saturated rings. The van der Waals surface area contributed by atoms with Crippen LogP contribution in [-0.2, 0) is 23.2 Å². The number of carbonyl (C=O) groups excluding carboxylic acids is 3. The van der Waals surface area contributed by atoms with Crippen molar-refractivity contribution in [3.63, 3.8) is 0 Å². The second-order valence-corrected chi connectivity index (χ2v) is 16.6. The standard InChI is InChI=1S/C43H46N12O4/c1-44-31-20-36(50-55-35(22-46-39(31)55)41(58)48-29-8-9-29)47-30-5-3-4-26(18-30)23-52-24-43(25-52)14-16-53(17-15-43)37-12-7-28(21-45-37)27-6-10-32-34(19-27)51(2)42(59)54(32)33-11-13-38(56)49-40(33)57/h3-7,10,12,18-22,29,33,44H,8-9,11,13-17,23-25H2,1-2H3,(H,47,50)(H,48,58)(H,49,56,57). The van der Waals surface area contributed by atoms with E-state index in [0.717, 1.165) is 92.2 Å². The average molecular weight is 795 g/mol. The number of pyridine rings is 1. The summed E-state index contributed by atoms with van der Waals surface area (Å²) in [5.41, 5.74) is 7.23. The molecular weight excluding hydrogens is 749 g/mol. The number of piperidine rings is 2. The van der Waals surface area contributed by atoms with Gasteiger partial charge in [-0.05, 0) is 85.0 Å². The van der Waals surface area contributed by atoms with E-state index in [1.54, 1.807) is 22.3 Å². The van der Waals surface area contributed by atoms with E-state index in [-0.39, 0.29) is 30.0 Å². The van der Waals surface area contributed by atoms with Crippen molar-refractivity contribution in [3.05, 3.63) is 94.8 Å². The van der Waals surface area contributed by atoms with Gasteiger partial charge in [-0.1, -0.05) is 18.2 Å². The van der Waals surface area contributed by atoms with Crippen molar-refractivity contribution in [2.24, 2.45) is 12.5 Å². The van der Waals surface area contributed by atoms with Crippen LogP contribution in [0.15, 0.2) is 77.9 Å². The molecule has 10 rings (SSSR count). The molecule has 0 bridgehead atoms. The number of likely N-dealkylation sites (tertiary alicyclic amines) is 1. The maximum Gasteiger partial charge on any atom is 0.329 e. The van der Waals surface area contributed by atoms with E-state index >= 15 is 0 Å². The fraction of sp³-hybridized carbons (Fsp3) is 0.372. The lowest BCUT2D eigenvalue weighted by Gasteiger charge is -2.54. The molecule has 7 heterocycles. The summed E-state index contributed by atoms with van der Waals surface area (Å²) in [5, 5.41) is 16.8. The Labute approximate surface area is 339 Å². The number of hydrogen-bond acceptors (Lipinski definition) is 11. The Kier molecular flexibility index (Phi) is 8.96. The number of imidazole rings is 2. The van der Waals surface area contributed by atoms with Gasteiger partial charge in [-0.25, -0.2) is 19.3 Å². The minimum Gasteiger partial charge on any atom is -0.385 e. The summed E-state index contributed by atoms with van der Waals surface area (Å²) in [6.07, 6.45) is 8.21. The van der Waals surface area contributed by atoms with E-state index < -0.39 is 11.9 Å². The third-order valence-electron chi connectivity index (χ3n) is 12.4. The summed E-state index contributed by atoms with van der Waals surface area (Å²) in [4.78, 5) is 64.6. The fourth-order valence-electron chi connectivity index (χ4n) is 9.07. The van der Waals surface area contributed by atoms with Gasteiger partial charge in [0, 0.05) is 82.8 Å². The van der Waals surface area contributed by atoms with E-state index in [0.29, 0.717) is 34.5 Å². The lowest BCUT2D eigenvalue weighted by molar-refractivity contribution is -0.135. The topological polar surface area (TPSA) is 176 Å². The Morgan fingerprint density at radius 3 is 2.47 bits per heavy atom. The SMILES string of the molecule is CNc1cc(Nc2cccc(CN3CC4(CCN(c5ccc(-c6ccc7c(c6)n(C)c(=O)n7C6CCC(=O)NC6=O)cn5)CC4)C3)c2)nn2c(C(=O)NC3CC3)cnc12. The van der Waals surface area contributed by atoms with Gasteiger partial charge in [0.2, 0.25) is 11.8 Å². The zero-order valence-electron chi connectivity index (χ0n) is 33.1. The molecule has 1 spiro atoms. The van der Waals surface area contributed by atoms with Crippen molar-refractivity contribution < 1.29 is 14.4 Å². The van der Waals surface area contributed by atoms with Crippen LogP contribution in [0.1, 0.15) is 60.6 Å². The van der Waals surface area contributed by atoms with Crippen LogP contribution in [0.2, 0.25) is 0 Å². The number of benzene rings is 2. The molecule has 16 nitrogen and oxygen atoms in total. The van der Waals surface area contributed by atoms with Gasteiger partial charge in [0.1, 0.15) is 11.9 Å². The average Bonchev–Trinajstić information content (AvgIpc) is 3.89. The van der Waals surface area contributed by atoms with Gasteiger partial charge in [0.05, 0.1) is 22.9 Å². The molecule has 6 aromatic rings. The first-order chi connectivity index (χ1) is 28.6. The molecule has 1 aliphatic carbocycles. The summed E-state index contributed by atoms with van der Waals surface area (Å²) in [7, 11) is 3.54. The quantitative estimate of drug-likeness (QED) is 0.146. The number of hydrogen-bond donors (Lipinski definition) is 4. The summed E-state index contributed by atoms with van der Waals surface area (Å²) in [5.74, 6) is 0.662. The maximum absolute atomic E-state index is 13.2. The van der Waals surface area contributed by atoms with Gasteiger partial charge < -0.3 is 20.9 Å². The second kappa shape index (κ2) is 14.4. The highest BCUT2D eigenvalue weighted by Crippen LogP contribution is 2.42. The Balaban J connectivity index is 0.750. The van der Waals surface area contributed by atoms with E-state index in [1.807, 2.05) is 43.6 Å². The molecule has 3 saturated heterocycles. The monoisotopic (exact) mass is 794 g/mol. The van der Waals surface area contributed by atoms with Gasteiger partial charge in [-0.3, -0.25) is 33.7 Å². The molecular formula is C43H46N12O4. The molecule has 302 valence electrons. The number of fused-ring (bicyclic) bond motifs is 2. The number of nitrogens with one attached hydrogen (secondary N) is 4. The third kappa shape index (κ3) is 6.86. The minimum absolute atomic E-state index is 0.164. The lowest BCUT2D eigenvalue weighted by Crippen LogP contribution is -2.59. The fourth-order valence-corrected chi connectivity index (χ4v) is 9.07. The third-order valence-corrected chi connectivity index (χ3v) is 12.4. The summed E-state index contributed by atoms with van der Waals surface area (Å²) >= 11 is 0. The van der Waals surface area contributed by atoms with Crippen LogP contribution in [0.5, 0.6) is 0 Å². The van der Waals surface area contributed by atoms with Gasteiger partial charge >= 0.3 is 5.69 Å². The zero-order chi connectivity index (χ0) is 40.4. The van der Waals surface area contributed by atoms with E-state index in [9.17, 15) is 19.2 Å². The van der Waals surface area contributed by atoms with Crippen LogP contribution in [0.25, 0.3) is 27.8 Å². The molecule has 1 unspecified atom stereocenters. The minimum atomic E-state index is -0.715. The molecule has 4 aromatic heterocycles. The predicted octanol–water partition coefficient (Wildman–Crippen LogP) is 4.20. The molecule has 4 aliphatic rings.